The van der Waals surface area contributed by atoms with Crippen LogP contribution in [-0.2, 0) is 17.9 Å². The van der Waals surface area contributed by atoms with E-state index in [-0.39, 0.29) is 5.91 Å². The fraction of sp³-hybridized carbons (Fsp3) is 0.650. The maximum Gasteiger partial charge on any atom is 0.220 e. The van der Waals surface area contributed by atoms with Crippen molar-refractivity contribution < 1.29 is 4.79 Å². The van der Waals surface area contributed by atoms with Crippen LogP contribution in [0.4, 0.5) is 0 Å². The number of piperidine rings is 1. The van der Waals surface area contributed by atoms with Gasteiger partial charge in [0.05, 0.1) is 0 Å². The van der Waals surface area contributed by atoms with Crippen molar-refractivity contribution in [3.05, 3.63) is 35.4 Å². The van der Waals surface area contributed by atoms with Crippen molar-refractivity contribution in [2.75, 3.05) is 13.1 Å². The molecule has 1 aromatic rings. The van der Waals surface area contributed by atoms with E-state index in [1.54, 1.807) is 0 Å². The van der Waals surface area contributed by atoms with Crippen LogP contribution in [-0.4, -0.2) is 23.9 Å². The summed E-state index contributed by atoms with van der Waals surface area (Å²) in [6.07, 6.45) is 6.63. The molecule has 1 amide bonds. The summed E-state index contributed by atoms with van der Waals surface area (Å²) >= 11 is 0. The van der Waals surface area contributed by atoms with Crippen molar-refractivity contribution in [2.45, 2.75) is 65.5 Å². The lowest BCUT2D eigenvalue weighted by Gasteiger charge is -2.30. The Hall–Kier alpha value is -1.35. The molecule has 1 N–H and O–H groups in total. The maximum absolute atomic E-state index is 11.7. The van der Waals surface area contributed by atoms with E-state index in [4.69, 9.17) is 0 Å². The summed E-state index contributed by atoms with van der Waals surface area (Å²) in [6, 6.07) is 8.71. The van der Waals surface area contributed by atoms with E-state index < -0.39 is 0 Å². The molecule has 1 aliphatic heterocycles. The van der Waals surface area contributed by atoms with Gasteiger partial charge in [-0.3, -0.25) is 9.69 Å². The molecule has 0 aromatic heterocycles. The van der Waals surface area contributed by atoms with Crippen molar-refractivity contribution in [3.63, 3.8) is 0 Å². The minimum atomic E-state index is 0.171. The highest BCUT2D eigenvalue weighted by Crippen LogP contribution is 2.18. The predicted octanol–water partition coefficient (Wildman–Crippen LogP) is 4.12. The largest absolute Gasteiger partial charge is 0.352 e. The first-order chi connectivity index (χ1) is 11.2. The molecule has 1 fully saturated rings. The fourth-order valence-corrected chi connectivity index (χ4v) is 3.28. The number of unbranched alkanes of at least 4 members (excludes halogenated alkanes) is 2. The van der Waals surface area contributed by atoms with Gasteiger partial charge in [0.2, 0.25) is 5.91 Å². The number of likely N-dealkylation sites (tertiary alicyclic amines) is 1. The Balaban J connectivity index is 1.72. The maximum atomic E-state index is 11.7. The van der Waals surface area contributed by atoms with Gasteiger partial charge in [0.15, 0.2) is 0 Å². The number of hydrogen-bond acceptors (Lipinski definition) is 2. The summed E-state index contributed by atoms with van der Waals surface area (Å²) in [5.41, 5.74) is 2.56. The van der Waals surface area contributed by atoms with E-state index in [0.717, 1.165) is 31.7 Å². The molecule has 128 valence electrons. The Kier molecular flexibility index (Phi) is 7.60. The van der Waals surface area contributed by atoms with Crippen molar-refractivity contribution in [1.82, 2.24) is 10.2 Å². The molecule has 2 rings (SSSR count). The Bertz CT molecular complexity index is 469. The first-order valence-corrected chi connectivity index (χ1v) is 9.24. The monoisotopic (exact) mass is 316 g/mol. The molecule has 0 saturated carbocycles. The number of carbonyl (C=O) groups is 1. The van der Waals surface area contributed by atoms with Gasteiger partial charge in [-0.1, -0.05) is 51.0 Å². The van der Waals surface area contributed by atoms with Crippen LogP contribution >= 0.6 is 0 Å². The van der Waals surface area contributed by atoms with Crippen molar-refractivity contribution in [1.29, 1.82) is 0 Å². The molecule has 1 saturated heterocycles. The van der Waals surface area contributed by atoms with E-state index in [1.165, 1.54) is 37.1 Å². The van der Waals surface area contributed by atoms with E-state index in [9.17, 15) is 4.79 Å². The number of benzene rings is 1. The summed E-state index contributed by atoms with van der Waals surface area (Å²) in [4.78, 5) is 14.3. The van der Waals surface area contributed by atoms with E-state index in [2.05, 4.69) is 48.3 Å². The van der Waals surface area contributed by atoms with Crippen LogP contribution < -0.4 is 5.32 Å². The second-order valence-corrected chi connectivity index (χ2v) is 7.03. The minimum Gasteiger partial charge on any atom is -0.352 e. The van der Waals surface area contributed by atoms with Crippen LogP contribution in [0.2, 0.25) is 0 Å². The zero-order valence-electron chi connectivity index (χ0n) is 14.8. The average molecular weight is 316 g/mol. The lowest BCUT2D eigenvalue weighted by molar-refractivity contribution is -0.121. The van der Waals surface area contributed by atoms with E-state index >= 15 is 0 Å². The number of nitrogens with one attached hydrogen (secondary N) is 1. The zero-order chi connectivity index (χ0) is 16.5. The molecule has 0 unspecified atom stereocenters. The zero-order valence-corrected chi connectivity index (χ0v) is 14.8. The first-order valence-electron chi connectivity index (χ1n) is 9.24. The molecule has 1 aliphatic rings. The smallest absolute Gasteiger partial charge is 0.220 e. The molecular weight excluding hydrogens is 284 g/mol. The van der Waals surface area contributed by atoms with Gasteiger partial charge in [-0.2, -0.15) is 0 Å². The standard InChI is InChI=1S/C20H32N2O/c1-3-4-5-8-20(23)21-14-18-9-11-19(12-10-18)16-22-13-6-7-17(2)15-22/h9-12,17H,3-8,13-16H2,1-2H3,(H,21,23)/t17-/m0/s1. The summed E-state index contributed by atoms with van der Waals surface area (Å²) in [6.45, 7) is 8.64. The van der Waals surface area contributed by atoms with Crippen molar-refractivity contribution >= 4 is 5.91 Å². The topological polar surface area (TPSA) is 32.3 Å². The van der Waals surface area contributed by atoms with Crippen LogP contribution in [0.3, 0.4) is 0 Å². The van der Waals surface area contributed by atoms with E-state index in [0.29, 0.717) is 13.0 Å². The molecule has 0 spiro atoms. The Labute approximate surface area is 141 Å². The molecule has 1 heterocycles. The summed E-state index contributed by atoms with van der Waals surface area (Å²) in [7, 11) is 0. The molecule has 3 heteroatoms. The van der Waals surface area contributed by atoms with Gasteiger partial charge < -0.3 is 5.32 Å². The third kappa shape index (κ3) is 6.74. The second-order valence-electron chi connectivity index (χ2n) is 7.03. The van der Waals surface area contributed by atoms with Crippen molar-refractivity contribution in [2.24, 2.45) is 5.92 Å². The minimum absolute atomic E-state index is 0.171. The van der Waals surface area contributed by atoms with Gasteiger partial charge in [-0.05, 0) is 42.9 Å². The highest BCUT2D eigenvalue weighted by Gasteiger charge is 2.16. The molecule has 1 aromatic carbocycles. The first kappa shape index (κ1) is 18.0. The lowest BCUT2D eigenvalue weighted by Crippen LogP contribution is -2.33. The fourth-order valence-electron chi connectivity index (χ4n) is 3.28. The third-order valence-electron chi connectivity index (χ3n) is 4.67. The van der Waals surface area contributed by atoms with Gasteiger partial charge in [0, 0.05) is 26.1 Å². The molecule has 0 radical (unpaired) electrons. The van der Waals surface area contributed by atoms with E-state index in [1.807, 2.05) is 0 Å². The van der Waals surface area contributed by atoms with Crippen LogP contribution in [0.25, 0.3) is 0 Å². The van der Waals surface area contributed by atoms with Crippen molar-refractivity contribution in [3.8, 4) is 0 Å². The van der Waals surface area contributed by atoms with Gasteiger partial charge in [0.25, 0.3) is 0 Å². The molecular formula is C20H32N2O. The SMILES string of the molecule is CCCCCC(=O)NCc1ccc(CN2CCC[C@H](C)C2)cc1. The number of amides is 1. The predicted molar refractivity (Wildman–Crippen MR) is 96.1 cm³/mol. The van der Waals surface area contributed by atoms with Crippen LogP contribution in [0.1, 0.15) is 63.5 Å². The normalized spacial score (nSPS) is 18.8. The summed E-state index contributed by atoms with van der Waals surface area (Å²) < 4.78 is 0. The van der Waals surface area contributed by atoms with Gasteiger partial charge in [-0.15, -0.1) is 0 Å². The third-order valence-corrected chi connectivity index (χ3v) is 4.67. The number of rotatable bonds is 8. The number of carbonyl (C=O) groups excluding carboxylic acids is 1. The van der Waals surface area contributed by atoms with Gasteiger partial charge in [0.1, 0.15) is 0 Å². The number of nitrogens with zero attached hydrogens (tertiary/aromatic N) is 1. The Morgan fingerprint density at radius 1 is 1.22 bits per heavy atom. The highest BCUT2D eigenvalue weighted by molar-refractivity contribution is 5.75. The summed E-state index contributed by atoms with van der Waals surface area (Å²) in [5, 5.41) is 3.02. The Morgan fingerprint density at radius 2 is 1.96 bits per heavy atom. The molecule has 23 heavy (non-hydrogen) atoms. The summed E-state index contributed by atoms with van der Waals surface area (Å²) in [5.74, 6) is 0.996. The lowest BCUT2D eigenvalue weighted by atomic mass is 9.99. The highest BCUT2D eigenvalue weighted by atomic mass is 16.1. The van der Waals surface area contributed by atoms with Crippen LogP contribution in [0, 0.1) is 5.92 Å². The quantitative estimate of drug-likeness (QED) is 0.732. The van der Waals surface area contributed by atoms with Gasteiger partial charge >= 0.3 is 0 Å². The second kappa shape index (κ2) is 9.71. The van der Waals surface area contributed by atoms with Gasteiger partial charge in [-0.25, -0.2) is 0 Å². The molecule has 0 aliphatic carbocycles. The van der Waals surface area contributed by atoms with Crippen LogP contribution in [0.5, 0.6) is 0 Å². The molecule has 3 nitrogen and oxygen atoms in total. The molecule has 1 atom stereocenters. The molecule has 0 bridgehead atoms. The average Bonchev–Trinajstić information content (AvgIpc) is 2.54. The van der Waals surface area contributed by atoms with Crippen LogP contribution in [0.15, 0.2) is 24.3 Å². The number of hydrogen-bond donors (Lipinski definition) is 1. The Morgan fingerprint density at radius 3 is 2.65 bits per heavy atom.